The zero-order chi connectivity index (χ0) is 16.8. The Labute approximate surface area is 144 Å². The van der Waals surface area contributed by atoms with Gasteiger partial charge in [0.05, 0.1) is 10.1 Å². The van der Waals surface area contributed by atoms with Crippen LogP contribution < -0.4 is 5.56 Å². The molecule has 0 saturated heterocycles. The van der Waals surface area contributed by atoms with Crippen LogP contribution in [0.25, 0.3) is 20.3 Å². The van der Waals surface area contributed by atoms with Crippen LogP contribution in [0.3, 0.4) is 0 Å². The molecule has 126 valence electrons. The van der Waals surface area contributed by atoms with Crippen molar-refractivity contribution in [3.05, 3.63) is 33.9 Å². The molecule has 0 aliphatic carbocycles. The Morgan fingerprint density at radius 3 is 2.92 bits per heavy atom. The smallest absolute Gasteiger partial charge is 0.262 e. The van der Waals surface area contributed by atoms with Gasteiger partial charge in [-0.3, -0.25) is 9.36 Å². The predicted molar refractivity (Wildman–Crippen MR) is 98.0 cm³/mol. The maximum atomic E-state index is 13.0. The second kappa shape index (κ2) is 5.86. The van der Waals surface area contributed by atoms with E-state index >= 15 is 0 Å². The standard InChI is InChI=1S/C18H21N3O2S/c1-20(2)10-11-7-8-12-14-17(24-16(12)15(11)22)19-13-6-4-3-5-9-21(13)18(14)23/h7-8,22H,3-6,9-10H2,1-2H3. The number of rotatable bonds is 2. The fraction of sp³-hybridized carbons (Fsp3) is 0.444. The number of nitrogens with zero attached hydrogens (tertiary/aromatic N) is 3. The Bertz CT molecular complexity index is 987. The first-order valence-corrected chi connectivity index (χ1v) is 9.19. The van der Waals surface area contributed by atoms with Crippen LogP contribution in [0.4, 0.5) is 0 Å². The van der Waals surface area contributed by atoms with Crippen molar-refractivity contribution in [1.29, 1.82) is 0 Å². The van der Waals surface area contributed by atoms with Gasteiger partial charge in [0, 0.05) is 30.5 Å². The number of hydrogen-bond acceptors (Lipinski definition) is 5. The molecule has 1 aliphatic heterocycles. The van der Waals surface area contributed by atoms with E-state index in [1.54, 1.807) is 0 Å². The van der Waals surface area contributed by atoms with Crippen molar-refractivity contribution in [3.8, 4) is 5.75 Å². The van der Waals surface area contributed by atoms with E-state index in [0.717, 1.165) is 58.5 Å². The molecule has 0 radical (unpaired) electrons. The van der Waals surface area contributed by atoms with Crippen LogP contribution in [0.2, 0.25) is 0 Å². The molecule has 5 nitrogen and oxygen atoms in total. The van der Waals surface area contributed by atoms with Crippen molar-refractivity contribution in [2.24, 2.45) is 0 Å². The van der Waals surface area contributed by atoms with E-state index in [-0.39, 0.29) is 11.3 Å². The largest absolute Gasteiger partial charge is 0.506 e. The fourth-order valence-electron chi connectivity index (χ4n) is 3.51. The van der Waals surface area contributed by atoms with Gasteiger partial charge in [-0.05, 0) is 26.9 Å². The van der Waals surface area contributed by atoms with Crippen molar-refractivity contribution in [1.82, 2.24) is 14.5 Å². The number of aromatic hydroxyl groups is 1. The molecule has 0 spiro atoms. The average molecular weight is 343 g/mol. The number of phenolic OH excluding ortho intramolecular Hbond substituents is 1. The SMILES string of the molecule is CN(C)Cc1ccc2c(sc3nc4n(c(=O)c32)CCCCC4)c1O. The molecular weight excluding hydrogens is 322 g/mol. The van der Waals surface area contributed by atoms with Gasteiger partial charge in [-0.2, -0.15) is 0 Å². The highest BCUT2D eigenvalue weighted by molar-refractivity contribution is 7.25. The number of aryl methyl sites for hydroxylation is 1. The first-order chi connectivity index (χ1) is 11.6. The second-order valence-electron chi connectivity index (χ2n) is 6.77. The fourth-order valence-corrected chi connectivity index (χ4v) is 4.66. The van der Waals surface area contributed by atoms with Crippen LogP contribution in [-0.2, 0) is 19.5 Å². The summed E-state index contributed by atoms with van der Waals surface area (Å²) in [6.45, 7) is 1.41. The molecule has 3 aromatic rings. The zero-order valence-electron chi connectivity index (χ0n) is 14.0. The molecule has 1 aliphatic rings. The lowest BCUT2D eigenvalue weighted by atomic mass is 10.1. The van der Waals surface area contributed by atoms with Gasteiger partial charge in [-0.25, -0.2) is 4.98 Å². The molecule has 0 saturated carbocycles. The maximum absolute atomic E-state index is 13.0. The first kappa shape index (κ1) is 15.6. The molecule has 0 bridgehead atoms. The number of benzene rings is 1. The van der Waals surface area contributed by atoms with Crippen molar-refractivity contribution in [3.63, 3.8) is 0 Å². The maximum Gasteiger partial charge on any atom is 0.262 e. The number of hydrogen-bond donors (Lipinski definition) is 1. The summed E-state index contributed by atoms with van der Waals surface area (Å²) in [5.74, 6) is 1.17. The van der Waals surface area contributed by atoms with Crippen molar-refractivity contribution in [2.45, 2.75) is 38.8 Å². The molecule has 6 heteroatoms. The van der Waals surface area contributed by atoms with Crippen LogP contribution in [0, 0.1) is 0 Å². The summed E-state index contributed by atoms with van der Waals surface area (Å²) in [4.78, 5) is 20.5. The number of phenols is 1. The topological polar surface area (TPSA) is 58.4 Å². The van der Waals surface area contributed by atoms with Crippen molar-refractivity contribution < 1.29 is 5.11 Å². The van der Waals surface area contributed by atoms with Gasteiger partial charge in [0.15, 0.2) is 0 Å². The van der Waals surface area contributed by atoms with E-state index in [0.29, 0.717) is 11.9 Å². The van der Waals surface area contributed by atoms with Crippen LogP contribution >= 0.6 is 11.3 Å². The Morgan fingerprint density at radius 1 is 1.29 bits per heavy atom. The van der Waals surface area contributed by atoms with Gasteiger partial charge in [0.1, 0.15) is 16.4 Å². The van der Waals surface area contributed by atoms with Crippen LogP contribution in [0.15, 0.2) is 16.9 Å². The third-order valence-corrected chi connectivity index (χ3v) is 5.77. The Hall–Kier alpha value is -1.92. The molecule has 0 atom stereocenters. The highest BCUT2D eigenvalue weighted by Crippen LogP contribution is 2.39. The lowest BCUT2D eigenvalue weighted by molar-refractivity contribution is 0.387. The van der Waals surface area contributed by atoms with Gasteiger partial charge in [0.25, 0.3) is 5.56 Å². The van der Waals surface area contributed by atoms with E-state index in [9.17, 15) is 9.90 Å². The van der Waals surface area contributed by atoms with E-state index in [2.05, 4.69) is 0 Å². The summed E-state index contributed by atoms with van der Waals surface area (Å²) in [6.07, 6.45) is 4.12. The molecule has 1 N–H and O–H groups in total. The molecule has 1 aromatic carbocycles. The van der Waals surface area contributed by atoms with E-state index < -0.39 is 0 Å². The van der Waals surface area contributed by atoms with E-state index in [1.807, 2.05) is 35.7 Å². The molecular formula is C18H21N3O2S. The minimum absolute atomic E-state index is 0.0444. The summed E-state index contributed by atoms with van der Waals surface area (Å²) < 4.78 is 2.61. The van der Waals surface area contributed by atoms with Gasteiger partial charge >= 0.3 is 0 Å². The summed E-state index contributed by atoms with van der Waals surface area (Å²) in [5.41, 5.74) is 0.920. The van der Waals surface area contributed by atoms with Gasteiger partial charge in [0.2, 0.25) is 0 Å². The van der Waals surface area contributed by atoms with Gasteiger partial charge in [-0.1, -0.05) is 18.6 Å². The summed E-state index contributed by atoms with van der Waals surface area (Å²) in [7, 11) is 3.94. The van der Waals surface area contributed by atoms with Gasteiger partial charge in [-0.15, -0.1) is 11.3 Å². The highest BCUT2D eigenvalue weighted by atomic mass is 32.1. The highest BCUT2D eigenvalue weighted by Gasteiger charge is 2.20. The Morgan fingerprint density at radius 2 is 2.12 bits per heavy atom. The van der Waals surface area contributed by atoms with Crippen LogP contribution in [-0.4, -0.2) is 33.7 Å². The monoisotopic (exact) mass is 343 g/mol. The quantitative estimate of drug-likeness (QED) is 0.777. The lowest BCUT2D eigenvalue weighted by Crippen LogP contribution is -2.23. The Kier molecular flexibility index (Phi) is 3.81. The third kappa shape index (κ3) is 2.41. The number of thiophene rings is 1. The van der Waals surface area contributed by atoms with Crippen LogP contribution in [0.1, 0.15) is 30.7 Å². The number of aromatic nitrogens is 2. The van der Waals surface area contributed by atoms with Crippen molar-refractivity contribution in [2.75, 3.05) is 14.1 Å². The second-order valence-corrected chi connectivity index (χ2v) is 7.76. The normalized spacial score (nSPS) is 15.1. The Balaban J connectivity index is 2.00. The molecule has 0 unspecified atom stereocenters. The molecule has 0 fully saturated rings. The summed E-state index contributed by atoms with van der Waals surface area (Å²) >= 11 is 1.43. The first-order valence-electron chi connectivity index (χ1n) is 8.38. The van der Waals surface area contributed by atoms with E-state index in [4.69, 9.17) is 4.98 Å². The molecule has 24 heavy (non-hydrogen) atoms. The molecule has 4 rings (SSSR count). The predicted octanol–water partition coefficient (Wildman–Crippen LogP) is 3.10. The molecule has 3 heterocycles. The molecule has 0 amide bonds. The zero-order valence-corrected chi connectivity index (χ0v) is 14.8. The minimum Gasteiger partial charge on any atom is -0.506 e. The average Bonchev–Trinajstić information content (AvgIpc) is 2.74. The number of fused-ring (bicyclic) bond motifs is 4. The van der Waals surface area contributed by atoms with Crippen molar-refractivity contribution >= 4 is 31.6 Å². The summed E-state index contributed by atoms with van der Waals surface area (Å²) in [5, 5.41) is 12.1. The lowest BCUT2D eigenvalue weighted by Gasteiger charge is -2.11. The minimum atomic E-state index is 0.0444. The summed E-state index contributed by atoms with van der Waals surface area (Å²) in [6, 6.07) is 3.87. The van der Waals surface area contributed by atoms with Crippen LogP contribution in [0.5, 0.6) is 5.75 Å². The third-order valence-electron chi connectivity index (χ3n) is 4.67. The van der Waals surface area contributed by atoms with E-state index in [1.165, 1.54) is 11.3 Å². The van der Waals surface area contributed by atoms with Gasteiger partial charge < -0.3 is 10.0 Å². The molecule has 2 aromatic heterocycles.